The van der Waals surface area contributed by atoms with E-state index in [-0.39, 0.29) is 11.9 Å². The van der Waals surface area contributed by atoms with E-state index in [9.17, 15) is 4.79 Å². The Hall–Kier alpha value is -2.18. The van der Waals surface area contributed by atoms with E-state index < -0.39 is 0 Å². The SMILES string of the molecule is Cc1n[nH]c(C)c1Cc1nnc2n1C(C)C(=O)N(C1CC1)C2. The summed E-state index contributed by atoms with van der Waals surface area (Å²) in [7, 11) is 0. The normalized spacial score (nSPS) is 21.3. The van der Waals surface area contributed by atoms with E-state index in [1.54, 1.807) is 0 Å². The van der Waals surface area contributed by atoms with E-state index in [0.29, 0.717) is 19.0 Å². The van der Waals surface area contributed by atoms with Gasteiger partial charge in [-0.25, -0.2) is 0 Å². The summed E-state index contributed by atoms with van der Waals surface area (Å²) < 4.78 is 2.01. The number of aromatic amines is 1. The second-order valence-electron chi connectivity index (χ2n) is 6.37. The number of rotatable bonds is 3. The van der Waals surface area contributed by atoms with E-state index in [1.807, 2.05) is 30.2 Å². The minimum atomic E-state index is -0.220. The molecule has 1 aliphatic heterocycles. The van der Waals surface area contributed by atoms with Crippen LogP contribution in [0, 0.1) is 13.8 Å². The third-order valence-corrected chi connectivity index (χ3v) is 4.78. The second-order valence-corrected chi connectivity index (χ2v) is 6.37. The summed E-state index contributed by atoms with van der Waals surface area (Å²) >= 11 is 0. The molecule has 22 heavy (non-hydrogen) atoms. The van der Waals surface area contributed by atoms with Crippen LogP contribution >= 0.6 is 0 Å². The Balaban J connectivity index is 1.68. The van der Waals surface area contributed by atoms with E-state index in [2.05, 4.69) is 20.4 Å². The number of amides is 1. The highest BCUT2D eigenvalue weighted by Crippen LogP contribution is 2.34. The number of aryl methyl sites for hydroxylation is 2. The van der Waals surface area contributed by atoms with Gasteiger partial charge in [0.1, 0.15) is 11.9 Å². The van der Waals surface area contributed by atoms with Crippen LogP contribution in [0.15, 0.2) is 0 Å². The summed E-state index contributed by atoms with van der Waals surface area (Å²) in [6.45, 7) is 6.52. The zero-order valence-electron chi connectivity index (χ0n) is 13.1. The summed E-state index contributed by atoms with van der Waals surface area (Å²) in [4.78, 5) is 14.6. The Labute approximate surface area is 128 Å². The number of aromatic nitrogens is 5. The average molecular weight is 300 g/mol. The molecule has 7 heteroatoms. The summed E-state index contributed by atoms with van der Waals surface area (Å²) in [6, 6.07) is 0.198. The minimum Gasteiger partial charge on any atom is -0.330 e. The van der Waals surface area contributed by atoms with Crippen molar-refractivity contribution in [2.24, 2.45) is 0 Å². The maximum atomic E-state index is 12.6. The predicted octanol–water partition coefficient (Wildman–Crippen LogP) is 1.27. The maximum absolute atomic E-state index is 12.6. The molecule has 1 atom stereocenters. The van der Waals surface area contributed by atoms with Crippen LogP contribution in [-0.2, 0) is 17.8 Å². The Morgan fingerprint density at radius 1 is 1.27 bits per heavy atom. The molecule has 0 aromatic carbocycles. The molecule has 2 aromatic heterocycles. The zero-order valence-corrected chi connectivity index (χ0v) is 13.1. The number of fused-ring (bicyclic) bond motifs is 1. The van der Waals surface area contributed by atoms with Gasteiger partial charge in [-0.2, -0.15) is 5.10 Å². The molecule has 1 unspecified atom stereocenters. The van der Waals surface area contributed by atoms with Gasteiger partial charge < -0.3 is 9.47 Å². The number of nitrogens with one attached hydrogen (secondary N) is 1. The largest absolute Gasteiger partial charge is 0.330 e. The van der Waals surface area contributed by atoms with Gasteiger partial charge in [-0.1, -0.05) is 0 Å². The van der Waals surface area contributed by atoms with E-state index in [4.69, 9.17) is 0 Å². The molecular weight excluding hydrogens is 280 g/mol. The number of H-pyrrole nitrogens is 1. The highest BCUT2D eigenvalue weighted by atomic mass is 16.2. The quantitative estimate of drug-likeness (QED) is 0.926. The fourth-order valence-electron chi connectivity index (χ4n) is 3.30. The van der Waals surface area contributed by atoms with Crippen molar-refractivity contribution in [1.29, 1.82) is 0 Å². The summed E-state index contributed by atoms with van der Waals surface area (Å²) in [5, 5.41) is 15.9. The van der Waals surface area contributed by atoms with Gasteiger partial charge in [0, 0.05) is 23.7 Å². The predicted molar refractivity (Wildman–Crippen MR) is 79.2 cm³/mol. The fourth-order valence-corrected chi connectivity index (χ4v) is 3.30. The van der Waals surface area contributed by atoms with Crippen molar-refractivity contribution in [3.05, 3.63) is 28.6 Å². The lowest BCUT2D eigenvalue weighted by Gasteiger charge is -2.32. The number of hydrogen-bond donors (Lipinski definition) is 1. The first-order valence-electron chi connectivity index (χ1n) is 7.80. The van der Waals surface area contributed by atoms with E-state index in [0.717, 1.165) is 41.4 Å². The molecule has 1 fully saturated rings. The standard InChI is InChI=1S/C15H20N6O/c1-8-12(9(2)17-16-8)6-13-18-19-14-7-20(11-4-5-11)15(22)10(3)21(13)14/h10-11H,4-7H2,1-3H3,(H,16,17). The van der Waals surface area contributed by atoms with Crippen LogP contribution in [0.5, 0.6) is 0 Å². The van der Waals surface area contributed by atoms with Crippen molar-refractivity contribution in [3.63, 3.8) is 0 Å². The van der Waals surface area contributed by atoms with Gasteiger partial charge in [-0.3, -0.25) is 9.89 Å². The van der Waals surface area contributed by atoms with Crippen LogP contribution in [0.4, 0.5) is 0 Å². The van der Waals surface area contributed by atoms with Gasteiger partial charge in [0.2, 0.25) is 5.91 Å². The molecule has 0 spiro atoms. The molecule has 0 bridgehead atoms. The first-order valence-corrected chi connectivity index (χ1v) is 7.80. The molecular formula is C15H20N6O. The van der Waals surface area contributed by atoms with Gasteiger partial charge in [0.15, 0.2) is 5.82 Å². The monoisotopic (exact) mass is 300 g/mol. The van der Waals surface area contributed by atoms with Crippen LogP contribution in [0.3, 0.4) is 0 Å². The van der Waals surface area contributed by atoms with E-state index >= 15 is 0 Å². The molecule has 1 N–H and O–H groups in total. The van der Waals surface area contributed by atoms with Gasteiger partial charge in [-0.05, 0) is 33.6 Å². The van der Waals surface area contributed by atoms with Gasteiger partial charge in [0.25, 0.3) is 0 Å². The van der Waals surface area contributed by atoms with Crippen molar-refractivity contribution in [2.75, 3.05) is 0 Å². The smallest absolute Gasteiger partial charge is 0.246 e. The first-order chi connectivity index (χ1) is 10.6. The fraction of sp³-hybridized carbons (Fsp3) is 0.600. The van der Waals surface area contributed by atoms with Gasteiger partial charge >= 0.3 is 0 Å². The summed E-state index contributed by atoms with van der Waals surface area (Å²) in [5.41, 5.74) is 3.16. The molecule has 1 saturated carbocycles. The molecule has 1 aliphatic carbocycles. The molecule has 0 radical (unpaired) electrons. The lowest BCUT2D eigenvalue weighted by molar-refractivity contribution is -0.137. The Bertz CT molecular complexity index is 722. The second kappa shape index (κ2) is 4.66. The maximum Gasteiger partial charge on any atom is 0.246 e. The topological polar surface area (TPSA) is 79.7 Å². The van der Waals surface area contributed by atoms with Crippen molar-refractivity contribution < 1.29 is 4.79 Å². The van der Waals surface area contributed by atoms with Crippen LogP contribution in [-0.4, -0.2) is 41.8 Å². The number of carbonyl (C=O) groups excluding carboxylic acids is 1. The highest BCUT2D eigenvalue weighted by molar-refractivity contribution is 5.81. The van der Waals surface area contributed by atoms with Crippen molar-refractivity contribution in [2.45, 2.75) is 58.7 Å². The number of nitrogens with zero attached hydrogens (tertiary/aromatic N) is 5. The lowest BCUT2D eigenvalue weighted by atomic mass is 10.1. The Morgan fingerprint density at radius 3 is 2.68 bits per heavy atom. The molecule has 1 amide bonds. The average Bonchev–Trinajstić information content (AvgIpc) is 3.19. The molecule has 2 aliphatic rings. The first kappa shape index (κ1) is 13.5. The molecule has 2 aromatic rings. The molecule has 116 valence electrons. The molecule has 7 nitrogen and oxygen atoms in total. The highest BCUT2D eigenvalue weighted by Gasteiger charge is 2.40. The third-order valence-electron chi connectivity index (χ3n) is 4.78. The molecule has 3 heterocycles. The van der Waals surface area contributed by atoms with Gasteiger partial charge in [-0.15, -0.1) is 10.2 Å². The molecule has 0 saturated heterocycles. The van der Waals surface area contributed by atoms with Crippen molar-refractivity contribution >= 4 is 5.91 Å². The molecule has 4 rings (SSSR count). The van der Waals surface area contributed by atoms with Gasteiger partial charge in [0.05, 0.1) is 12.2 Å². The van der Waals surface area contributed by atoms with Crippen molar-refractivity contribution in [3.8, 4) is 0 Å². The summed E-state index contributed by atoms with van der Waals surface area (Å²) in [6.07, 6.45) is 2.89. The minimum absolute atomic E-state index is 0.191. The number of carbonyl (C=O) groups is 1. The van der Waals surface area contributed by atoms with Crippen LogP contribution in [0.25, 0.3) is 0 Å². The lowest BCUT2D eigenvalue weighted by Crippen LogP contribution is -2.43. The Morgan fingerprint density at radius 2 is 2.05 bits per heavy atom. The zero-order chi connectivity index (χ0) is 15.4. The third kappa shape index (κ3) is 1.95. The van der Waals surface area contributed by atoms with Crippen LogP contribution in [0.2, 0.25) is 0 Å². The number of hydrogen-bond acceptors (Lipinski definition) is 4. The van der Waals surface area contributed by atoms with Crippen LogP contribution < -0.4 is 0 Å². The van der Waals surface area contributed by atoms with Crippen molar-refractivity contribution in [1.82, 2.24) is 29.9 Å². The summed E-state index contributed by atoms with van der Waals surface area (Å²) in [5.74, 6) is 1.93. The Kier molecular flexibility index (Phi) is 2.85. The van der Waals surface area contributed by atoms with E-state index in [1.165, 1.54) is 0 Å². The van der Waals surface area contributed by atoms with Crippen LogP contribution in [0.1, 0.15) is 54.4 Å².